The number of nitriles is 1. The molecule has 1 saturated carbocycles. The van der Waals surface area contributed by atoms with Gasteiger partial charge in [0.1, 0.15) is 41.0 Å². The highest BCUT2D eigenvalue weighted by atomic mass is 19.2. The van der Waals surface area contributed by atoms with Crippen molar-refractivity contribution in [2.24, 2.45) is 5.41 Å². The van der Waals surface area contributed by atoms with Gasteiger partial charge in [-0.15, -0.1) is 0 Å². The van der Waals surface area contributed by atoms with Crippen LogP contribution in [0.15, 0.2) is 54.4 Å². The summed E-state index contributed by atoms with van der Waals surface area (Å²) in [5.41, 5.74) is 6.88. The predicted molar refractivity (Wildman–Crippen MR) is 179 cm³/mol. The maximum atomic E-state index is 15.7. The van der Waals surface area contributed by atoms with Crippen LogP contribution in [-0.2, 0) is 4.79 Å². The Balaban J connectivity index is 1.29. The lowest BCUT2D eigenvalue weighted by Crippen LogP contribution is -2.42. The number of aromatic nitrogens is 4. The molecule has 0 bridgehead atoms. The lowest BCUT2D eigenvalue weighted by molar-refractivity contribution is -0.128. The molecule has 2 N–H and O–H groups in total. The molecule has 1 saturated heterocycles. The zero-order valence-corrected chi connectivity index (χ0v) is 27.6. The Morgan fingerprint density at radius 3 is 2.61 bits per heavy atom. The fraction of sp³-hybridized carbons (Fsp3) is 0.417. The van der Waals surface area contributed by atoms with Crippen LogP contribution in [0.3, 0.4) is 0 Å². The molecule has 10 nitrogen and oxygen atoms in total. The monoisotopic (exact) mass is 672 g/mol. The maximum Gasteiger partial charge on any atom is 0.264 e. The second-order valence-corrected chi connectivity index (χ2v) is 12.8. The van der Waals surface area contributed by atoms with Gasteiger partial charge in [-0.2, -0.15) is 14.8 Å². The van der Waals surface area contributed by atoms with Crippen molar-refractivity contribution in [1.82, 2.24) is 29.5 Å². The Bertz CT molecular complexity index is 1930. The molecule has 0 spiro atoms. The summed E-state index contributed by atoms with van der Waals surface area (Å²) < 4.78 is 50.6. The third-order valence-electron chi connectivity index (χ3n) is 9.72. The molecular formula is C36H39F3N8O2. The first kappa shape index (κ1) is 33.9. The smallest absolute Gasteiger partial charge is 0.264 e. The molecule has 1 aliphatic carbocycles. The van der Waals surface area contributed by atoms with Crippen molar-refractivity contribution in [2.75, 3.05) is 38.5 Å². The van der Waals surface area contributed by atoms with Crippen molar-refractivity contribution in [3.05, 3.63) is 71.8 Å². The van der Waals surface area contributed by atoms with Gasteiger partial charge in [-0.1, -0.05) is 38.8 Å². The zero-order valence-electron chi connectivity index (χ0n) is 27.6. The number of hydrogen-bond donors (Lipinski definition) is 1. The Labute approximate surface area is 283 Å². The number of carbonyl (C=O) groups is 1. The number of nitrogens with zero attached hydrogens (tertiary/aromatic N) is 7. The van der Waals surface area contributed by atoms with Crippen molar-refractivity contribution in [1.29, 1.82) is 5.26 Å². The van der Waals surface area contributed by atoms with E-state index in [1.807, 2.05) is 6.08 Å². The summed E-state index contributed by atoms with van der Waals surface area (Å²) in [6.07, 6.45) is 8.58. The maximum absolute atomic E-state index is 15.7. The van der Waals surface area contributed by atoms with Crippen LogP contribution in [0.2, 0.25) is 0 Å². The second kappa shape index (κ2) is 14.3. The quantitative estimate of drug-likeness (QED) is 0.144. The summed E-state index contributed by atoms with van der Waals surface area (Å²) in [6, 6.07) is 9.25. The van der Waals surface area contributed by atoms with Crippen LogP contribution in [0.1, 0.15) is 58.4 Å². The molecule has 49 heavy (non-hydrogen) atoms. The molecule has 256 valence electrons. The number of amides is 1. The van der Waals surface area contributed by atoms with Crippen LogP contribution in [0.25, 0.3) is 22.3 Å². The van der Waals surface area contributed by atoms with E-state index in [9.17, 15) is 18.8 Å². The number of piperidine rings is 1. The van der Waals surface area contributed by atoms with Gasteiger partial charge in [-0.05, 0) is 63.0 Å². The third kappa shape index (κ3) is 6.83. The molecule has 2 aliphatic rings. The van der Waals surface area contributed by atoms with Crippen LogP contribution >= 0.6 is 0 Å². The van der Waals surface area contributed by atoms with Crippen LogP contribution in [0.5, 0.6) is 11.5 Å². The highest BCUT2D eigenvalue weighted by Gasteiger charge is 2.36. The number of halogens is 3. The fourth-order valence-corrected chi connectivity index (χ4v) is 7.16. The molecule has 13 heteroatoms. The number of likely N-dealkylation sites (tertiary alicyclic amines) is 1. The summed E-state index contributed by atoms with van der Waals surface area (Å²) in [5.74, 6) is -3.64. The number of rotatable bonds is 10. The molecule has 1 aliphatic heterocycles. The van der Waals surface area contributed by atoms with Gasteiger partial charge in [0, 0.05) is 36.7 Å². The number of anilines is 1. The normalized spacial score (nSPS) is 17.9. The molecule has 1 amide bonds. The average molecular weight is 673 g/mol. The molecule has 2 aromatic heterocycles. The Morgan fingerprint density at radius 1 is 1.12 bits per heavy atom. The lowest BCUT2D eigenvalue weighted by Gasteiger charge is -2.34. The first-order chi connectivity index (χ1) is 23.7. The van der Waals surface area contributed by atoms with E-state index in [-0.39, 0.29) is 58.1 Å². The van der Waals surface area contributed by atoms with Crippen LogP contribution in [0, 0.1) is 34.2 Å². The summed E-state index contributed by atoms with van der Waals surface area (Å²) in [4.78, 5) is 26.5. The third-order valence-corrected chi connectivity index (χ3v) is 9.72. The van der Waals surface area contributed by atoms with Crippen LogP contribution in [-0.4, -0.2) is 68.2 Å². The van der Waals surface area contributed by atoms with E-state index in [0.29, 0.717) is 30.4 Å². The van der Waals surface area contributed by atoms with E-state index >= 15 is 4.39 Å². The molecule has 6 rings (SSSR count). The SMILES string of the molecule is CCN(CC)CC1(/C=C(\C#N)C(=O)N2CCC[C@H](n3nc(-c4ccc(Oc5cccc(F)c5F)cc4F)c4c(N)ncnc43)C2)CCCC1. The molecule has 4 aromatic rings. The van der Waals surface area contributed by atoms with Gasteiger partial charge in [-0.3, -0.25) is 4.79 Å². The molecule has 0 unspecified atom stereocenters. The average Bonchev–Trinajstić information content (AvgIpc) is 3.74. The number of nitrogens with two attached hydrogens (primary N) is 1. The van der Waals surface area contributed by atoms with E-state index in [4.69, 9.17) is 15.6 Å². The van der Waals surface area contributed by atoms with Gasteiger partial charge in [0.15, 0.2) is 17.2 Å². The van der Waals surface area contributed by atoms with E-state index in [1.165, 1.54) is 30.6 Å². The number of ether oxygens (including phenoxy) is 1. The van der Waals surface area contributed by atoms with E-state index in [2.05, 4.69) is 34.8 Å². The van der Waals surface area contributed by atoms with Crippen molar-refractivity contribution in [3.63, 3.8) is 0 Å². The van der Waals surface area contributed by atoms with Crippen molar-refractivity contribution in [2.45, 2.75) is 58.4 Å². The molecule has 3 heterocycles. The molecule has 2 fully saturated rings. The molecule has 0 radical (unpaired) electrons. The predicted octanol–water partition coefficient (Wildman–Crippen LogP) is 6.80. The summed E-state index contributed by atoms with van der Waals surface area (Å²) >= 11 is 0. The van der Waals surface area contributed by atoms with Crippen molar-refractivity contribution in [3.8, 4) is 28.8 Å². The number of carbonyl (C=O) groups excluding carboxylic acids is 1. The van der Waals surface area contributed by atoms with Crippen LogP contribution in [0.4, 0.5) is 19.0 Å². The van der Waals surface area contributed by atoms with Gasteiger partial charge < -0.3 is 20.3 Å². The number of nitrogen functional groups attached to an aromatic ring is 1. The largest absolute Gasteiger partial charge is 0.454 e. The van der Waals surface area contributed by atoms with Gasteiger partial charge in [-0.25, -0.2) is 23.4 Å². The van der Waals surface area contributed by atoms with E-state index < -0.39 is 17.5 Å². The lowest BCUT2D eigenvalue weighted by atomic mass is 9.83. The molecule has 2 aromatic carbocycles. The minimum atomic E-state index is -1.18. The van der Waals surface area contributed by atoms with Gasteiger partial charge in [0.2, 0.25) is 5.82 Å². The second-order valence-electron chi connectivity index (χ2n) is 12.8. The number of benzene rings is 2. The number of hydrogen-bond acceptors (Lipinski definition) is 8. The highest BCUT2D eigenvalue weighted by Crippen LogP contribution is 2.42. The Morgan fingerprint density at radius 2 is 1.90 bits per heavy atom. The minimum absolute atomic E-state index is 0.0435. The minimum Gasteiger partial charge on any atom is -0.454 e. The summed E-state index contributed by atoms with van der Waals surface area (Å²) in [5, 5.41) is 15.3. The van der Waals surface area contributed by atoms with Crippen LogP contribution < -0.4 is 10.5 Å². The van der Waals surface area contributed by atoms with E-state index in [1.54, 1.807) is 9.58 Å². The zero-order chi connectivity index (χ0) is 34.7. The molecule has 1 atom stereocenters. The van der Waals surface area contributed by atoms with Crippen molar-refractivity contribution < 1.29 is 22.7 Å². The molecular weight excluding hydrogens is 633 g/mol. The van der Waals surface area contributed by atoms with Crippen molar-refractivity contribution >= 4 is 22.8 Å². The number of fused-ring (bicyclic) bond motifs is 1. The Hall–Kier alpha value is -4.96. The van der Waals surface area contributed by atoms with Gasteiger partial charge in [0.25, 0.3) is 5.91 Å². The fourth-order valence-electron chi connectivity index (χ4n) is 7.16. The van der Waals surface area contributed by atoms with E-state index in [0.717, 1.165) is 57.5 Å². The summed E-state index contributed by atoms with van der Waals surface area (Å²) in [6.45, 7) is 7.63. The Kier molecular flexibility index (Phi) is 9.87. The first-order valence-electron chi connectivity index (χ1n) is 16.7. The van der Waals surface area contributed by atoms with Gasteiger partial charge >= 0.3 is 0 Å². The standard InChI is InChI=1S/C36H39F3N8O2/c1-3-45(4-2)21-36(14-5-6-15-36)18-23(19-40)35(48)46-16-8-9-24(20-46)47-34-30(33(41)42-22-43-34)32(44-47)26-13-12-25(17-28(26)38)49-29-11-7-10-27(37)31(29)39/h7,10-13,17-18,22,24H,3-6,8-9,14-16,20-21H2,1-2H3,(H2,41,42,43)/b23-18+/t24-/m0/s1. The van der Waals surface area contributed by atoms with Gasteiger partial charge in [0.05, 0.1) is 11.4 Å². The highest BCUT2D eigenvalue weighted by molar-refractivity contribution is 5.99. The summed E-state index contributed by atoms with van der Waals surface area (Å²) in [7, 11) is 0. The topological polar surface area (TPSA) is 126 Å². The first-order valence-corrected chi connectivity index (χ1v) is 16.7.